The Balaban J connectivity index is 1.86. The summed E-state index contributed by atoms with van der Waals surface area (Å²) < 4.78 is 1.75. The van der Waals surface area contributed by atoms with Crippen LogP contribution in [-0.2, 0) is 5.54 Å². The number of aromatic nitrogens is 2. The molecule has 0 saturated carbocycles. The molecule has 1 aromatic carbocycles. The first-order valence-corrected chi connectivity index (χ1v) is 7.32. The minimum absolute atomic E-state index is 0.121. The van der Waals surface area contributed by atoms with Crippen molar-refractivity contribution in [2.24, 2.45) is 10.2 Å². The number of carbonyl (C=O) groups excluding carboxylic acids is 1. The fourth-order valence-corrected chi connectivity index (χ4v) is 2.52. The van der Waals surface area contributed by atoms with Crippen LogP contribution in [0.3, 0.4) is 0 Å². The normalized spacial score (nSPS) is 17.1. The van der Waals surface area contributed by atoms with Gasteiger partial charge in [-0.15, -0.1) is 5.11 Å². The van der Waals surface area contributed by atoms with Gasteiger partial charge in [-0.05, 0) is 26.3 Å². The zero-order chi connectivity index (χ0) is 15.7. The van der Waals surface area contributed by atoms with Crippen LogP contribution in [0.1, 0.15) is 42.7 Å². The maximum absolute atomic E-state index is 12.6. The molecule has 0 radical (unpaired) electrons. The summed E-state index contributed by atoms with van der Waals surface area (Å²) in [6, 6.07) is 9.99. The van der Waals surface area contributed by atoms with Crippen molar-refractivity contribution in [3.05, 3.63) is 47.7 Å². The fourth-order valence-electron chi connectivity index (χ4n) is 2.52. The second-order valence-electron chi connectivity index (χ2n) is 6.04. The van der Waals surface area contributed by atoms with Crippen molar-refractivity contribution in [3.8, 4) is 0 Å². The number of carbonyl (C=O) groups is 1. The molecule has 2 heterocycles. The number of fused-ring (bicyclic) bond motifs is 1. The summed E-state index contributed by atoms with van der Waals surface area (Å²) in [7, 11) is 0. The monoisotopic (exact) mass is 297 g/mol. The van der Waals surface area contributed by atoms with E-state index < -0.39 is 5.54 Å². The molecule has 22 heavy (non-hydrogen) atoms. The number of amides is 1. The molecule has 3 rings (SSSR count). The van der Waals surface area contributed by atoms with Gasteiger partial charge in [-0.3, -0.25) is 4.79 Å². The van der Waals surface area contributed by atoms with Gasteiger partial charge in [0.05, 0.1) is 24.3 Å². The number of hydrogen-bond donors (Lipinski definition) is 1. The van der Waals surface area contributed by atoms with E-state index in [2.05, 4.69) is 20.6 Å². The third-order valence-electron chi connectivity index (χ3n) is 3.86. The highest BCUT2D eigenvalue weighted by molar-refractivity contribution is 5.98. The van der Waals surface area contributed by atoms with Gasteiger partial charge in [-0.1, -0.05) is 30.3 Å². The van der Waals surface area contributed by atoms with Crippen molar-refractivity contribution in [1.82, 2.24) is 15.1 Å². The summed E-state index contributed by atoms with van der Waals surface area (Å²) in [4.78, 5) is 12.6. The summed E-state index contributed by atoms with van der Waals surface area (Å²) in [5, 5.41) is 15.5. The molecule has 6 heteroatoms. The van der Waals surface area contributed by atoms with E-state index in [4.69, 9.17) is 0 Å². The van der Waals surface area contributed by atoms with Crippen LogP contribution in [-0.4, -0.2) is 22.2 Å². The van der Waals surface area contributed by atoms with E-state index in [1.807, 2.05) is 51.1 Å². The van der Waals surface area contributed by atoms with Crippen LogP contribution in [0.2, 0.25) is 0 Å². The molecule has 1 amide bonds. The van der Waals surface area contributed by atoms with Crippen LogP contribution in [0, 0.1) is 0 Å². The van der Waals surface area contributed by atoms with E-state index in [0.717, 1.165) is 5.56 Å². The van der Waals surface area contributed by atoms with Crippen molar-refractivity contribution < 1.29 is 4.79 Å². The molecule has 2 aromatic rings. The Morgan fingerprint density at radius 1 is 1.32 bits per heavy atom. The van der Waals surface area contributed by atoms with Crippen molar-refractivity contribution >= 4 is 11.7 Å². The summed E-state index contributed by atoms with van der Waals surface area (Å²) in [6.45, 7) is 6.54. The lowest BCUT2D eigenvalue weighted by molar-refractivity contribution is 0.0912. The highest BCUT2D eigenvalue weighted by atomic mass is 16.1. The quantitative estimate of drug-likeness (QED) is 0.945. The third-order valence-corrected chi connectivity index (χ3v) is 3.86. The first-order chi connectivity index (χ1) is 10.5. The molecule has 1 aliphatic rings. The van der Waals surface area contributed by atoms with Gasteiger partial charge in [0.1, 0.15) is 5.56 Å². The lowest BCUT2D eigenvalue weighted by Crippen LogP contribution is -2.40. The third kappa shape index (κ3) is 2.52. The van der Waals surface area contributed by atoms with E-state index in [9.17, 15) is 4.79 Å². The van der Waals surface area contributed by atoms with Crippen LogP contribution in [0.25, 0.3) is 0 Å². The zero-order valence-corrected chi connectivity index (χ0v) is 12.9. The second kappa shape index (κ2) is 5.36. The topological polar surface area (TPSA) is 71.6 Å². The Morgan fingerprint density at radius 2 is 2.05 bits per heavy atom. The molecule has 6 nitrogen and oxygen atoms in total. The van der Waals surface area contributed by atoms with Gasteiger partial charge in [0, 0.05) is 0 Å². The van der Waals surface area contributed by atoms with Crippen molar-refractivity contribution in [1.29, 1.82) is 0 Å². The molecule has 0 fully saturated rings. The van der Waals surface area contributed by atoms with Crippen LogP contribution in [0.15, 0.2) is 46.8 Å². The minimum atomic E-state index is -0.482. The van der Waals surface area contributed by atoms with Crippen molar-refractivity contribution in [2.45, 2.75) is 32.4 Å². The lowest BCUT2D eigenvalue weighted by atomic mass is 9.94. The largest absolute Gasteiger partial charge is 0.343 e. The minimum Gasteiger partial charge on any atom is -0.343 e. The Labute approximate surface area is 129 Å². The molecule has 0 bridgehead atoms. The van der Waals surface area contributed by atoms with Crippen LogP contribution in [0.4, 0.5) is 5.82 Å². The van der Waals surface area contributed by atoms with Gasteiger partial charge >= 0.3 is 0 Å². The first-order valence-electron chi connectivity index (χ1n) is 7.32. The predicted octanol–water partition coefficient (Wildman–Crippen LogP) is 3.21. The Bertz CT molecular complexity index is 717. The average Bonchev–Trinajstić information content (AvgIpc) is 2.93. The average molecular weight is 297 g/mol. The molecule has 0 saturated heterocycles. The molecule has 1 N–H and O–H groups in total. The molecule has 1 aliphatic heterocycles. The number of azo groups is 1. The number of nitrogens with zero attached hydrogens (tertiary/aromatic N) is 4. The molecule has 1 aromatic heterocycles. The molecule has 0 spiro atoms. The lowest BCUT2D eigenvalue weighted by Gasteiger charge is -2.27. The number of benzene rings is 1. The Morgan fingerprint density at radius 3 is 2.77 bits per heavy atom. The van der Waals surface area contributed by atoms with Crippen LogP contribution < -0.4 is 5.32 Å². The number of hydrogen-bond acceptors (Lipinski definition) is 4. The summed E-state index contributed by atoms with van der Waals surface area (Å²) in [5.74, 6) is 0.336. The highest BCUT2D eigenvalue weighted by Gasteiger charge is 2.28. The number of nitrogens with one attached hydrogen (secondary N) is 1. The molecular formula is C16H19N5O. The van der Waals surface area contributed by atoms with E-state index in [1.165, 1.54) is 0 Å². The van der Waals surface area contributed by atoms with Gasteiger partial charge in [0.25, 0.3) is 5.91 Å². The van der Waals surface area contributed by atoms with Gasteiger partial charge < -0.3 is 5.32 Å². The van der Waals surface area contributed by atoms with Gasteiger partial charge in [-0.25, -0.2) is 4.68 Å². The van der Waals surface area contributed by atoms with Crippen molar-refractivity contribution in [3.63, 3.8) is 0 Å². The van der Waals surface area contributed by atoms with Gasteiger partial charge in [0.2, 0.25) is 0 Å². The van der Waals surface area contributed by atoms with E-state index in [-0.39, 0.29) is 11.9 Å². The van der Waals surface area contributed by atoms with Crippen LogP contribution in [0.5, 0.6) is 0 Å². The predicted molar refractivity (Wildman–Crippen MR) is 83.3 cm³/mol. The highest BCUT2D eigenvalue weighted by Crippen LogP contribution is 2.28. The van der Waals surface area contributed by atoms with E-state index >= 15 is 0 Å². The van der Waals surface area contributed by atoms with Crippen molar-refractivity contribution in [2.75, 3.05) is 6.54 Å². The molecule has 1 unspecified atom stereocenters. The fraction of sp³-hybridized carbons (Fsp3) is 0.375. The van der Waals surface area contributed by atoms with E-state index in [1.54, 1.807) is 10.9 Å². The van der Waals surface area contributed by atoms with E-state index in [0.29, 0.717) is 17.9 Å². The molecular weight excluding hydrogens is 278 g/mol. The number of rotatable bonds is 3. The second-order valence-corrected chi connectivity index (χ2v) is 6.04. The Hall–Kier alpha value is -2.50. The summed E-state index contributed by atoms with van der Waals surface area (Å²) in [5.41, 5.74) is 1.02. The molecule has 1 atom stereocenters. The van der Waals surface area contributed by atoms with Gasteiger partial charge in [0.15, 0.2) is 5.82 Å². The smallest absolute Gasteiger partial charge is 0.257 e. The zero-order valence-electron chi connectivity index (χ0n) is 12.9. The summed E-state index contributed by atoms with van der Waals surface area (Å²) in [6.07, 6.45) is 1.56. The molecule has 114 valence electrons. The molecule has 0 aliphatic carbocycles. The Kier molecular flexibility index (Phi) is 3.52. The maximum Gasteiger partial charge on any atom is 0.257 e. The SMILES string of the molecule is CC1CN=Nc2c(C(=O)NC(C)(C)c3ccccc3)cnn21. The van der Waals surface area contributed by atoms with Crippen LogP contribution >= 0.6 is 0 Å². The standard InChI is InChI=1S/C16H19N5O/c1-11-9-17-20-14-13(10-18-21(11)14)15(22)19-16(2,3)12-7-5-4-6-8-12/h4-8,10-11H,9H2,1-3H3,(H,19,22). The first kappa shape index (κ1) is 14.4. The summed E-state index contributed by atoms with van der Waals surface area (Å²) >= 11 is 0. The maximum atomic E-state index is 12.6. The van der Waals surface area contributed by atoms with Gasteiger partial charge in [-0.2, -0.15) is 10.2 Å².